The molecule has 0 radical (unpaired) electrons. The van der Waals surface area contributed by atoms with Crippen LogP contribution in [0.4, 0.5) is 4.79 Å². The van der Waals surface area contributed by atoms with Gasteiger partial charge in [-0.15, -0.1) is 0 Å². The zero-order valence-electron chi connectivity index (χ0n) is 32.4. The third kappa shape index (κ3) is 8.35. The highest BCUT2D eigenvalue weighted by Gasteiger charge is 2.45. The minimum atomic E-state index is -1.27. The number of rotatable bonds is 14. The van der Waals surface area contributed by atoms with E-state index in [1.807, 2.05) is 30.3 Å². The van der Waals surface area contributed by atoms with E-state index in [1.54, 1.807) is 40.7 Å². The van der Waals surface area contributed by atoms with Gasteiger partial charge in [0.1, 0.15) is 17.4 Å². The summed E-state index contributed by atoms with van der Waals surface area (Å²) in [5, 5.41) is 0. The molecule has 3 aromatic carbocycles. The number of ether oxygens (including phenoxy) is 7. The van der Waals surface area contributed by atoms with Crippen molar-refractivity contribution in [2.75, 3.05) is 55.7 Å². The second-order valence-corrected chi connectivity index (χ2v) is 13.7. The summed E-state index contributed by atoms with van der Waals surface area (Å²) < 4.78 is 40.5. The monoisotopic (exact) mass is 734 g/mol. The van der Waals surface area contributed by atoms with Crippen LogP contribution in [-0.2, 0) is 27.3 Å². The number of hydrogen-bond donors (Lipinski definition) is 0. The van der Waals surface area contributed by atoms with Gasteiger partial charge < -0.3 is 38.1 Å². The number of carbonyl (C=O) groups is 4. The maximum Gasteiger partial charge on any atom is 0.410 e. The number of likely N-dealkylation sites (N-methyl/N-ethyl adjacent to an activating group) is 1. The predicted molar refractivity (Wildman–Crippen MR) is 197 cm³/mol. The molecule has 13 nitrogen and oxygen atoms in total. The van der Waals surface area contributed by atoms with E-state index in [2.05, 4.69) is 0 Å². The molecule has 1 aliphatic rings. The number of aldehydes is 1. The minimum absolute atomic E-state index is 0.0649. The highest BCUT2D eigenvalue weighted by molar-refractivity contribution is 6.07. The summed E-state index contributed by atoms with van der Waals surface area (Å²) in [5.41, 5.74) is 2.37. The molecule has 1 aliphatic heterocycles. The maximum absolute atomic E-state index is 15.2. The summed E-state index contributed by atoms with van der Waals surface area (Å²) in [7, 11) is 8.72. The van der Waals surface area contributed by atoms with Crippen LogP contribution in [0.15, 0.2) is 36.4 Å². The Hall–Kier alpha value is -5.30. The number of benzene rings is 3. The van der Waals surface area contributed by atoms with Gasteiger partial charge in [-0.05, 0) is 51.3 Å². The Labute approximate surface area is 311 Å². The lowest BCUT2D eigenvalue weighted by molar-refractivity contribution is -0.140. The summed E-state index contributed by atoms with van der Waals surface area (Å²) in [4.78, 5) is 58.2. The fraction of sp³-hybridized carbons (Fsp3) is 0.450. The smallest absolute Gasteiger partial charge is 0.410 e. The van der Waals surface area contributed by atoms with Gasteiger partial charge in [0.2, 0.25) is 5.91 Å². The molecule has 0 saturated carbocycles. The first kappa shape index (κ1) is 40.5. The van der Waals surface area contributed by atoms with Gasteiger partial charge in [0.25, 0.3) is 0 Å². The van der Waals surface area contributed by atoms with E-state index in [1.165, 1.54) is 52.4 Å². The molecule has 2 amide bonds. The van der Waals surface area contributed by atoms with Crippen molar-refractivity contribution in [3.8, 4) is 28.7 Å². The number of hydrogen-bond acceptors (Lipinski definition) is 11. The van der Waals surface area contributed by atoms with Crippen LogP contribution in [0, 0.1) is 13.8 Å². The predicted octanol–water partition coefficient (Wildman–Crippen LogP) is 5.92. The standard InChI is InChI=1S/C40H50N2O11/c1-23-17-26(27(20-43)36(50-10)33(23)47-7)18-28(41(6)39(46)53-40(3,4)5)38(45)42-19-30(44)32-31(29(42)22-52-21-25-15-13-12-14-16-25)37(51-11)35(49-9)24(2)34(32)48-8/h12-17,20,28-29H,18-19,21-22H2,1-11H3. The molecule has 53 heavy (non-hydrogen) atoms. The Bertz CT molecular complexity index is 1830. The normalized spacial score (nSPS) is 14.5. The SMILES string of the molecule is COc1c(C)cc(CC(C(=O)N2CC(=O)c3c(OC)c(C)c(OC)c(OC)c3C2COCc2ccccc2)N(C)C(=O)OC(C)(C)C)c(C=O)c1OC. The molecule has 286 valence electrons. The van der Waals surface area contributed by atoms with Gasteiger partial charge in [-0.3, -0.25) is 19.3 Å². The van der Waals surface area contributed by atoms with E-state index in [0.717, 1.165) is 5.56 Å². The van der Waals surface area contributed by atoms with Crippen molar-refractivity contribution in [3.05, 3.63) is 75.3 Å². The van der Waals surface area contributed by atoms with Gasteiger partial charge >= 0.3 is 6.09 Å². The van der Waals surface area contributed by atoms with Gasteiger partial charge in [0.05, 0.1) is 72.5 Å². The molecule has 0 spiro atoms. The lowest BCUT2D eigenvalue weighted by Crippen LogP contribution is -2.55. The second-order valence-electron chi connectivity index (χ2n) is 13.7. The van der Waals surface area contributed by atoms with Gasteiger partial charge in [-0.2, -0.15) is 0 Å². The largest absolute Gasteiger partial charge is 0.496 e. The lowest BCUT2D eigenvalue weighted by atomic mass is 9.86. The fourth-order valence-corrected chi connectivity index (χ4v) is 6.74. The third-order valence-electron chi connectivity index (χ3n) is 9.13. The number of ketones is 1. The molecule has 2 unspecified atom stereocenters. The van der Waals surface area contributed by atoms with E-state index < -0.39 is 35.5 Å². The molecule has 1 heterocycles. The second kappa shape index (κ2) is 17.0. The first-order valence-electron chi connectivity index (χ1n) is 17.1. The van der Waals surface area contributed by atoms with Crippen molar-refractivity contribution in [1.29, 1.82) is 0 Å². The Balaban J connectivity index is 1.93. The Kier molecular flexibility index (Phi) is 13.0. The molecule has 0 N–H and O–H groups in total. The fourth-order valence-electron chi connectivity index (χ4n) is 6.74. The van der Waals surface area contributed by atoms with E-state index in [9.17, 15) is 14.4 Å². The minimum Gasteiger partial charge on any atom is -0.496 e. The van der Waals surface area contributed by atoms with Gasteiger partial charge in [0, 0.05) is 24.6 Å². The molecule has 0 fully saturated rings. The molecule has 0 bridgehead atoms. The summed E-state index contributed by atoms with van der Waals surface area (Å²) in [6.07, 6.45) is -0.299. The van der Waals surface area contributed by atoms with Gasteiger partial charge in [-0.1, -0.05) is 36.4 Å². The van der Waals surface area contributed by atoms with Crippen LogP contribution >= 0.6 is 0 Å². The van der Waals surface area contributed by atoms with Crippen molar-refractivity contribution in [2.24, 2.45) is 0 Å². The van der Waals surface area contributed by atoms with Crippen LogP contribution in [-0.4, -0.2) is 101 Å². The van der Waals surface area contributed by atoms with Crippen LogP contribution in [0.1, 0.15) is 75.3 Å². The Morgan fingerprint density at radius 2 is 1.51 bits per heavy atom. The van der Waals surface area contributed by atoms with Crippen molar-refractivity contribution >= 4 is 24.1 Å². The first-order valence-corrected chi connectivity index (χ1v) is 17.1. The van der Waals surface area contributed by atoms with Crippen molar-refractivity contribution in [1.82, 2.24) is 9.80 Å². The summed E-state index contributed by atoms with van der Waals surface area (Å²) in [5.74, 6) is 0.408. The molecule has 2 atom stereocenters. The Morgan fingerprint density at radius 3 is 2.06 bits per heavy atom. The van der Waals surface area contributed by atoms with Crippen LogP contribution in [0.25, 0.3) is 0 Å². The van der Waals surface area contributed by atoms with E-state index >= 15 is 4.79 Å². The van der Waals surface area contributed by atoms with Crippen LogP contribution in [0.2, 0.25) is 0 Å². The van der Waals surface area contributed by atoms with Gasteiger partial charge in [0.15, 0.2) is 35.1 Å². The number of fused-ring (bicyclic) bond motifs is 1. The molecule has 4 rings (SSSR count). The van der Waals surface area contributed by atoms with Crippen molar-refractivity contribution < 1.29 is 52.3 Å². The number of amides is 2. The van der Waals surface area contributed by atoms with Gasteiger partial charge in [-0.25, -0.2) is 4.79 Å². The summed E-state index contributed by atoms with van der Waals surface area (Å²) in [6.45, 7) is 8.45. The third-order valence-corrected chi connectivity index (χ3v) is 9.13. The van der Waals surface area contributed by atoms with Crippen molar-refractivity contribution in [2.45, 2.75) is 65.3 Å². The summed E-state index contributed by atoms with van der Waals surface area (Å²) in [6, 6.07) is 9.05. The van der Waals surface area contributed by atoms with Crippen LogP contribution in [0.5, 0.6) is 28.7 Å². The lowest BCUT2D eigenvalue weighted by Gasteiger charge is -2.41. The molecular weight excluding hydrogens is 684 g/mol. The van der Waals surface area contributed by atoms with Crippen LogP contribution in [0.3, 0.4) is 0 Å². The highest BCUT2D eigenvalue weighted by Crippen LogP contribution is 2.50. The number of Topliss-reactive ketones (excluding diaryl/α,β-unsaturated/α-hetero) is 1. The average Bonchev–Trinajstić information content (AvgIpc) is 3.12. The molecular formula is C40H50N2O11. The maximum atomic E-state index is 15.2. The zero-order chi connectivity index (χ0) is 39.2. The van der Waals surface area contributed by atoms with E-state index in [-0.39, 0.29) is 48.8 Å². The molecule has 0 aliphatic carbocycles. The quantitative estimate of drug-likeness (QED) is 0.183. The number of carbonyl (C=O) groups excluding carboxylic acids is 4. The first-order chi connectivity index (χ1) is 25.2. The Morgan fingerprint density at radius 1 is 0.906 bits per heavy atom. The number of nitrogens with zero attached hydrogens (tertiary/aromatic N) is 2. The average molecular weight is 735 g/mol. The molecule has 3 aromatic rings. The number of aryl methyl sites for hydroxylation is 1. The molecule has 0 aromatic heterocycles. The topological polar surface area (TPSA) is 139 Å². The highest BCUT2D eigenvalue weighted by atomic mass is 16.6. The van der Waals surface area contributed by atoms with Crippen LogP contribution < -0.4 is 23.7 Å². The van der Waals surface area contributed by atoms with E-state index in [4.69, 9.17) is 33.2 Å². The van der Waals surface area contributed by atoms with Crippen molar-refractivity contribution in [3.63, 3.8) is 0 Å². The summed E-state index contributed by atoms with van der Waals surface area (Å²) >= 11 is 0. The number of methoxy groups -OCH3 is 5. The molecule has 0 saturated heterocycles. The van der Waals surface area contributed by atoms with E-state index in [0.29, 0.717) is 45.8 Å². The molecule has 13 heteroatoms. The zero-order valence-corrected chi connectivity index (χ0v) is 32.4.